The Kier molecular flexibility index (Phi) is 6.50. The lowest BCUT2D eigenvalue weighted by Gasteiger charge is -2.24. The summed E-state index contributed by atoms with van der Waals surface area (Å²) in [6.07, 6.45) is 1.02. The molecule has 0 saturated carbocycles. The van der Waals surface area contributed by atoms with Gasteiger partial charge in [0.05, 0.1) is 20.8 Å². The summed E-state index contributed by atoms with van der Waals surface area (Å²) in [5, 5.41) is 3.14. The molecule has 140 valence electrons. The second kappa shape index (κ2) is 8.61. The lowest BCUT2D eigenvalue weighted by Crippen LogP contribution is -2.27. The predicted octanol–water partition coefficient (Wildman–Crippen LogP) is 3.97. The van der Waals surface area contributed by atoms with E-state index in [2.05, 4.69) is 43.2 Å². The number of benzene rings is 2. The van der Waals surface area contributed by atoms with Gasteiger partial charge in [-0.1, -0.05) is 39.0 Å². The molecule has 5 nitrogen and oxygen atoms in total. The van der Waals surface area contributed by atoms with Crippen LogP contribution in [0.15, 0.2) is 47.5 Å². The molecule has 0 atom stereocenters. The van der Waals surface area contributed by atoms with Gasteiger partial charge in [-0.25, -0.2) is 0 Å². The second-order valence-corrected chi connectivity index (χ2v) is 6.83. The minimum Gasteiger partial charge on any atom is -0.493 e. The summed E-state index contributed by atoms with van der Waals surface area (Å²) in [4.78, 5) is 4.52. The number of anilines is 1. The summed E-state index contributed by atoms with van der Waals surface area (Å²) >= 11 is 0. The number of rotatable bonds is 7. The van der Waals surface area contributed by atoms with Gasteiger partial charge >= 0.3 is 0 Å². The Morgan fingerprint density at radius 1 is 1.04 bits per heavy atom. The Labute approximate surface area is 156 Å². The molecule has 0 unspecified atom stereocenters. The lowest BCUT2D eigenvalue weighted by molar-refractivity contribution is 0.353. The third-order valence-electron chi connectivity index (χ3n) is 4.44. The van der Waals surface area contributed by atoms with Crippen LogP contribution in [0.2, 0.25) is 0 Å². The molecule has 2 rings (SSSR count). The highest BCUT2D eigenvalue weighted by atomic mass is 16.5. The van der Waals surface area contributed by atoms with Gasteiger partial charge < -0.3 is 20.5 Å². The summed E-state index contributed by atoms with van der Waals surface area (Å²) in [5.41, 5.74) is 9.20. The van der Waals surface area contributed by atoms with E-state index in [1.165, 1.54) is 5.56 Å². The molecule has 2 aromatic rings. The van der Waals surface area contributed by atoms with Crippen molar-refractivity contribution in [2.75, 3.05) is 26.1 Å². The van der Waals surface area contributed by atoms with E-state index in [1.54, 1.807) is 14.2 Å². The molecule has 0 heterocycles. The van der Waals surface area contributed by atoms with Gasteiger partial charge in [-0.3, -0.25) is 4.99 Å². The molecular weight excluding hydrogens is 326 g/mol. The molecule has 0 spiro atoms. The maximum absolute atomic E-state index is 6.06. The Bertz CT molecular complexity index is 752. The van der Waals surface area contributed by atoms with E-state index < -0.39 is 0 Å². The minimum atomic E-state index is -0.197. The zero-order valence-corrected chi connectivity index (χ0v) is 16.3. The summed E-state index contributed by atoms with van der Waals surface area (Å²) in [6.45, 7) is 6.94. The summed E-state index contributed by atoms with van der Waals surface area (Å²) in [5.74, 6) is 1.83. The number of ether oxygens (including phenoxy) is 2. The van der Waals surface area contributed by atoms with Crippen LogP contribution in [0.4, 0.5) is 5.69 Å². The summed E-state index contributed by atoms with van der Waals surface area (Å²) < 4.78 is 10.7. The molecule has 2 aromatic carbocycles. The normalized spacial score (nSPS) is 12.0. The van der Waals surface area contributed by atoms with E-state index in [0.29, 0.717) is 24.0 Å². The van der Waals surface area contributed by atoms with Crippen LogP contribution in [0.25, 0.3) is 0 Å². The minimum absolute atomic E-state index is 0.197. The van der Waals surface area contributed by atoms with Crippen LogP contribution in [0.1, 0.15) is 31.9 Å². The van der Waals surface area contributed by atoms with Gasteiger partial charge in [-0.2, -0.15) is 0 Å². The van der Waals surface area contributed by atoms with Gasteiger partial charge in [-0.15, -0.1) is 0 Å². The van der Waals surface area contributed by atoms with Crippen molar-refractivity contribution in [2.45, 2.75) is 32.6 Å². The molecule has 3 N–H and O–H groups in total. The van der Waals surface area contributed by atoms with Crippen molar-refractivity contribution in [2.24, 2.45) is 10.7 Å². The van der Waals surface area contributed by atoms with Gasteiger partial charge in [0.25, 0.3) is 0 Å². The average Bonchev–Trinajstić information content (AvgIpc) is 2.66. The highest BCUT2D eigenvalue weighted by molar-refractivity contribution is 5.92. The van der Waals surface area contributed by atoms with Gasteiger partial charge in [0.1, 0.15) is 0 Å². The lowest BCUT2D eigenvalue weighted by atomic mass is 9.84. The predicted molar refractivity (Wildman–Crippen MR) is 109 cm³/mol. The first kappa shape index (κ1) is 19.6. The van der Waals surface area contributed by atoms with Crippen LogP contribution in [0.5, 0.6) is 11.5 Å². The molecule has 0 aliphatic heterocycles. The molecule has 0 amide bonds. The van der Waals surface area contributed by atoms with Crippen molar-refractivity contribution in [3.8, 4) is 11.5 Å². The monoisotopic (exact) mass is 355 g/mol. The van der Waals surface area contributed by atoms with Gasteiger partial charge in [0.15, 0.2) is 17.5 Å². The standard InChI is InChI=1S/C21H29N3O2/c1-6-15-7-10-17(11-8-15)24-20(22)23-14-21(2,3)16-9-12-18(25-4)19(13-16)26-5/h7-13H,6,14H2,1-5H3,(H3,22,23,24). The fraction of sp³-hybridized carbons (Fsp3) is 0.381. The number of methoxy groups -OCH3 is 2. The van der Waals surface area contributed by atoms with E-state index in [1.807, 2.05) is 30.3 Å². The maximum Gasteiger partial charge on any atom is 0.193 e. The molecular formula is C21H29N3O2. The fourth-order valence-corrected chi connectivity index (χ4v) is 2.64. The molecule has 0 aliphatic rings. The molecule has 0 radical (unpaired) electrons. The largest absolute Gasteiger partial charge is 0.493 e. The highest BCUT2D eigenvalue weighted by Crippen LogP contribution is 2.33. The first-order valence-electron chi connectivity index (χ1n) is 8.78. The summed E-state index contributed by atoms with van der Waals surface area (Å²) in [7, 11) is 3.27. The Hall–Kier alpha value is -2.69. The van der Waals surface area contributed by atoms with Crippen molar-refractivity contribution in [1.29, 1.82) is 0 Å². The number of nitrogens with two attached hydrogens (primary N) is 1. The molecule has 26 heavy (non-hydrogen) atoms. The average molecular weight is 355 g/mol. The van der Waals surface area contributed by atoms with Gasteiger partial charge in [0, 0.05) is 11.1 Å². The van der Waals surface area contributed by atoms with Crippen LogP contribution in [-0.2, 0) is 11.8 Å². The maximum atomic E-state index is 6.06. The number of guanidine groups is 1. The zero-order chi connectivity index (χ0) is 19.2. The Morgan fingerprint density at radius 2 is 1.69 bits per heavy atom. The van der Waals surface area contributed by atoms with E-state index in [-0.39, 0.29) is 5.41 Å². The van der Waals surface area contributed by atoms with Crippen LogP contribution < -0.4 is 20.5 Å². The summed E-state index contributed by atoms with van der Waals surface area (Å²) in [6, 6.07) is 14.1. The quantitative estimate of drug-likeness (QED) is 0.582. The van der Waals surface area contributed by atoms with Crippen molar-refractivity contribution < 1.29 is 9.47 Å². The van der Waals surface area contributed by atoms with Crippen molar-refractivity contribution >= 4 is 11.6 Å². The Morgan fingerprint density at radius 3 is 2.27 bits per heavy atom. The first-order valence-corrected chi connectivity index (χ1v) is 8.78. The zero-order valence-electron chi connectivity index (χ0n) is 16.3. The SMILES string of the molecule is CCc1ccc(NC(N)=NCC(C)(C)c2ccc(OC)c(OC)c2)cc1. The van der Waals surface area contributed by atoms with Gasteiger partial charge in [0.2, 0.25) is 0 Å². The number of hydrogen-bond donors (Lipinski definition) is 2. The first-order chi connectivity index (χ1) is 12.4. The van der Waals surface area contributed by atoms with E-state index >= 15 is 0 Å². The molecule has 0 aromatic heterocycles. The molecule has 5 heteroatoms. The van der Waals surface area contributed by atoms with Gasteiger partial charge in [-0.05, 0) is 41.8 Å². The number of aliphatic imine (C=N–C) groups is 1. The third kappa shape index (κ3) is 4.91. The topological polar surface area (TPSA) is 68.9 Å². The van der Waals surface area contributed by atoms with E-state index in [9.17, 15) is 0 Å². The van der Waals surface area contributed by atoms with Crippen LogP contribution in [0, 0.1) is 0 Å². The highest BCUT2D eigenvalue weighted by Gasteiger charge is 2.22. The molecule has 0 bridgehead atoms. The number of hydrogen-bond acceptors (Lipinski definition) is 3. The van der Waals surface area contributed by atoms with E-state index in [0.717, 1.165) is 17.7 Å². The number of aryl methyl sites for hydroxylation is 1. The molecule has 0 aliphatic carbocycles. The second-order valence-electron chi connectivity index (χ2n) is 6.83. The third-order valence-corrected chi connectivity index (χ3v) is 4.44. The fourth-order valence-electron chi connectivity index (χ4n) is 2.64. The van der Waals surface area contributed by atoms with Crippen LogP contribution >= 0.6 is 0 Å². The van der Waals surface area contributed by atoms with Crippen molar-refractivity contribution in [3.63, 3.8) is 0 Å². The van der Waals surface area contributed by atoms with Crippen molar-refractivity contribution in [1.82, 2.24) is 0 Å². The Balaban J connectivity index is 2.08. The number of nitrogens with one attached hydrogen (secondary N) is 1. The molecule has 0 fully saturated rings. The smallest absolute Gasteiger partial charge is 0.193 e. The number of nitrogens with zero attached hydrogens (tertiary/aromatic N) is 1. The molecule has 0 saturated heterocycles. The van der Waals surface area contributed by atoms with Crippen LogP contribution in [0.3, 0.4) is 0 Å². The van der Waals surface area contributed by atoms with E-state index in [4.69, 9.17) is 15.2 Å². The van der Waals surface area contributed by atoms with Crippen molar-refractivity contribution in [3.05, 3.63) is 53.6 Å². The van der Waals surface area contributed by atoms with Crippen LogP contribution in [-0.4, -0.2) is 26.7 Å².